The van der Waals surface area contributed by atoms with Gasteiger partial charge in [0.1, 0.15) is 10.7 Å². The second-order valence-corrected chi connectivity index (χ2v) is 10.1. The van der Waals surface area contributed by atoms with Gasteiger partial charge < -0.3 is 10.0 Å². The van der Waals surface area contributed by atoms with E-state index in [0.717, 1.165) is 21.2 Å². The Labute approximate surface area is 205 Å². The molecule has 0 spiro atoms. The lowest BCUT2D eigenvalue weighted by atomic mass is 10.1. The fourth-order valence-corrected chi connectivity index (χ4v) is 6.21. The highest BCUT2D eigenvalue weighted by Crippen LogP contribution is 2.50. The van der Waals surface area contributed by atoms with Crippen molar-refractivity contribution >= 4 is 57.6 Å². The van der Waals surface area contributed by atoms with Crippen LogP contribution in [-0.2, 0) is 11.2 Å². The first-order valence-corrected chi connectivity index (χ1v) is 12.4. The average molecular weight is 494 g/mol. The van der Waals surface area contributed by atoms with Crippen molar-refractivity contribution in [3.8, 4) is 5.75 Å². The highest BCUT2D eigenvalue weighted by Gasteiger charge is 2.39. The van der Waals surface area contributed by atoms with E-state index in [2.05, 4.69) is 12.1 Å². The molecule has 0 unspecified atom stereocenters. The molecule has 0 atom stereocenters. The molecule has 3 aromatic carbocycles. The Morgan fingerprint density at radius 1 is 1.00 bits per heavy atom. The summed E-state index contributed by atoms with van der Waals surface area (Å²) < 4.78 is 0. The molecule has 2 heterocycles. The zero-order valence-corrected chi connectivity index (χ0v) is 20.1. The highest BCUT2D eigenvalue weighted by molar-refractivity contribution is 8.19. The van der Waals surface area contributed by atoms with Gasteiger partial charge in [-0.15, -0.1) is 0 Å². The van der Waals surface area contributed by atoms with Gasteiger partial charge in [0.25, 0.3) is 5.91 Å². The maximum Gasteiger partial charge on any atom is 0.269 e. The minimum atomic E-state index is -0.0666. The molecule has 2 aliphatic heterocycles. The molecule has 0 saturated carbocycles. The zero-order chi connectivity index (χ0) is 22.9. The van der Waals surface area contributed by atoms with Crippen LogP contribution in [0, 0.1) is 0 Å². The maximum atomic E-state index is 13.6. The summed E-state index contributed by atoms with van der Waals surface area (Å²) in [6.45, 7) is 0.511. The molecule has 33 heavy (non-hydrogen) atoms. The molecule has 1 N–H and O–H groups in total. The highest BCUT2D eigenvalue weighted by atomic mass is 35.5. The van der Waals surface area contributed by atoms with Crippen LogP contribution >= 0.6 is 35.1 Å². The molecule has 1 saturated heterocycles. The van der Waals surface area contributed by atoms with Crippen LogP contribution in [0.2, 0.25) is 5.02 Å². The number of carbonyl (C=O) groups excluding carboxylic acids is 1. The number of phenols is 1. The number of phenolic OH excluding ortho intramolecular Hbond substituents is 1. The van der Waals surface area contributed by atoms with Gasteiger partial charge in [-0.1, -0.05) is 59.8 Å². The van der Waals surface area contributed by atoms with E-state index in [1.807, 2.05) is 54.4 Å². The summed E-state index contributed by atoms with van der Waals surface area (Å²) in [6.07, 6.45) is 0.716. The van der Waals surface area contributed by atoms with Gasteiger partial charge in [0.15, 0.2) is 5.17 Å². The third kappa shape index (κ3) is 4.49. The molecule has 0 aromatic heterocycles. The van der Waals surface area contributed by atoms with Gasteiger partial charge in [0.05, 0.1) is 16.4 Å². The fourth-order valence-electron chi connectivity index (χ4n) is 3.69. The molecular formula is C25H20ClN3O2S2. The van der Waals surface area contributed by atoms with Gasteiger partial charge in [-0.2, -0.15) is 0 Å². The Morgan fingerprint density at radius 3 is 2.61 bits per heavy atom. The number of benzene rings is 3. The topological polar surface area (TPSA) is 56.1 Å². The summed E-state index contributed by atoms with van der Waals surface area (Å²) in [7, 11) is 1.95. The molecule has 1 fully saturated rings. The Bertz CT molecular complexity index is 1290. The molecule has 0 bridgehead atoms. The third-order valence-corrected chi connectivity index (χ3v) is 8.04. The van der Waals surface area contributed by atoms with E-state index in [-0.39, 0.29) is 11.7 Å². The number of anilines is 1. The van der Waals surface area contributed by atoms with Gasteiger partial charge in [-0.25, -0.2) is 4.99 Å². The number of amidine groups is 1. The number of rotatable bonds is 4. The molecule has 1 amide bonds. The van der Waals surface area contributed by atoms with Crippen LogP contribution in [0.4, 0.5) is 11.4 Å². The first kappa shape index (κ1) is 21.9. The summed E-state index contributed by atoms with van der Waals surface area (Å²) in [6, 6.07) is 22.6. The quantitative estimate of drug-likeness (QED) is 0.434. The van der Waals surface area contributed by atoms with Crippen molar-refractivity contribution in [1.29, 1.82) is 0 Å². The molecule has 5 rings (SSSR count). The van der Waals surface area contributed by atoms with E-state index in [1.54, 1.807) is 34.9 Å². The fraction of sp³-hybridized carbons (Fsp3) is 0.120. The number of aliphatic imine (C=N–C) groups is 1. The van der Waals surface area contributed by atoms with E-state index >= 15 is 0 Å². The lowest BCUT2D eigenvalue weighted by molar-refractivity contribution is -0.122. The first-order chi connectivity index (χ1) is 16.0. The van der Waals surface area contributed by atoms with E-state index in [0.29, 0.717) is 33.7 Å². The lowest BCUT2D eigenvalue weighted by Crippen LogP contribution is -2.31. The van der Waals surface area contributed by atoms with Gasteiger partial charge in [0.2, 0.25) is 0 Å². The Morgan fingerprint density at radius 2 is 1.82 bits per heavy atom. The van der Waals surface area contributed by atoms with E-state index in [9.17, 15) is 9.90 Å². The molecule has 0 radical (unpaired) electrons. The third-order valence-electron chi connectivity index (χ3n) is 5.37. The summed E-state index contributed by atoms with van der Waals surface area (Å²) in [4.78, 5) is 23.8. The predicted octanol–water partition coefficient (Wildman–Crippen LogP) is 6.26. The molecule has 166 valence electrons. The smallest absolute Gasteiger partial charge is 0.269 e. The predicted molar refractivity (Wildman–Crippen MR) is 137 cm³/mol. The maximum absolute atomic E-state index is 13.6. The van der Waals surface area contributed by atoms with Crippen molar-refractivity contribution in [3.63, 3.8) is 0 Å². The summed E-state index contributed by atoms with van der Waals surface area (Å²) in [5.74, 6) is 0.0714. The average Bonchev–Trinajstić information content (AvgIpc) is 3.29. The second-order valence-electron chi connectivity index (χ2n) is 7.62. The number of carbonyl (C=O) groups is 1. The molecule has 2 aliphatic rings. The SMILES string of the molecule is CN1/C(=C2/SC(=Nc3cccc(O)c3)N(CCc3ccccc3)C2=O)Sc2ccc(Cl)cc21. The number of hydrogen-bond acceptors (Lipinski definition) is 6. The first-order valence-electron chi connectivity index (χ1n) is 10.4. The van der Waals surface area contributed by atoms with Crippen LogP contribution in [0.1, 0.15) is 5.56 Å². The number of nitrogens with zero attached hydrogens (tertiary/aromatic N) is 3. The van der Waals surface area contributed by atoms with Gasteiger partial charge in [0, 0.05) is 29.6 Å². The lowest BCUT2D eigenvalue weighted by Gasteiger charge is -2.17. The van der Waals surface area contributed by atoms with Crippen LogP contribution < -0.4 is 4.90 Å². The molecule has 3 aromatic rings. The van der Waals surface area contributed by atoms with Gasteiger partial charge in [-0.05, 0) is 54.1 Å². The van der Waals surface area contributed by atoms with Crippen molar-refractivity contribution in [2.75, 3.05) is 18.5 Å². The molecular weight excluding hydrogens is 474 g/mol. The van der Waals surface area contributed by atoms with Crippen LogP contribution in [0.25, 0.3) is 0 Å². The van der Waals surface area contributed by atoms with Crippen molar-refractivity contribution in [2.45, 2.75) is 11.3 Å². The summed E-state index contributed by atoms with van der Waals surface area (Å²) >= 11 is 9.13. The van der Waals surface area contributed by atoms with Crippen LogP contribution in [0.5, 0.6) is 5.75 Å². The van der Waals surface area contributed by atoms with Crippen molar-refractivity contribution in [2.24, 2.45) is 4.99 Å². The van der Waals surface area contributed by atoms with Crippen LogP contribution in [0.15, 0.2) is 92.6 Å². The largest absolute Gasteiger partial charge is 0.508 e. The van der Waals surface area contributed by atoms with E-state index in [4.69, 9.17) is 16.6 Å². The summed E-state index contributed by atoms with van der Waals surface area (Å²) in [5, 5.41) is 12.0. The van der Waals surface area contributed by atoms with Crippen molar-refractivity contribution in [3.05, 3.63) is 93.3 Å². The Balaban J connectivity index is 1.51. The van der Waals surface area contributed by atoms with E-state index in [1.165, 1.54) is 11.8 Å². The van der Waals surface area contributed by atoms with E-state index < -0.39 is 0 Å². The Kier molecular flexibility index (Phi) is 6.10. The zero-order valence-electron chi connectivity index (χ0n) is 17.7. The standard InChI is InChI=1S/C25H20ClN3O2S2/c1-28-20-14-17(26)10-11-21(20)32-24(28)22-23(31)29(13-12-16-6-3-2-4-7-16)25(33-22)27-18-8-5-9-19(30)15-18/h2-11,14-15,30H,12-13H2,1H3/b24-22-,27-25?. The monoisotopic (exact) mass is 493 g/mol. The van der Waals surface area contributed by atoms with Crippen molar-refractivity contribution in [1.82, 2.24) is 4.90 Å². The second kappa shape index (κ2) is 9.17. The number of hydrogen-bond donors (Lipinski definition) is 1. The molecule has 8 heteroatoms. The molecule has 5 nitrogen and oxygen atoms in total. The van der Waals surface area contributed by atoms with Crippen LogP contribution in [0.3, 0.4) is 0 Å². The number of amides is 1. The number of thioether (sulfide) groups is 2. The summed E-state index contributed by atoms with van der Waals surface area (Å²) in [5.41, 5.74) is 2.74. The normalized spacial score (nSPS) is 19.0. The minimum Gasteiger partial charge on any atom is -0.508 e. The minimum absolute atomic E-state index is 0.0666. The molecule has 0 aliphatic carbocycles. The number of halogens is 1. The number of aromatic hydroxyl groups is 1. The number of fused-ring (bicyclic) bond motifs is 1. The van der Waals surface area contributed by atoms with Crippen molar-refractivity contribution < 1.29 is 9.90 Å². The van der Waals surface area contributed by atoms with Gasteiger partial charge in [-0.3, -0.25) is 9.69 Å². The van der Waals surface area contributed by atoms with Crippen LogP contribution in [-0.4, -0.2) is 34.7 Å². The Hall–Kier alpha value is -2.87. The van der Waals surface area contributed by atoms with Gasteiger partial charge >= 0.3 is 0 Å².